The lowest BCUT2D eigenvalue weighted by molar-refractivity contribution is 0.0689. The highest BCUT2D eigenvalue weighted by Crippen LogP contribution is 2.21. The van der Waals surface area contributed by atoms with Crippen LogP contribution in [0.25, 0.3) is 0 Å². The zero-order chi connectivity index (χ0) is 9.97. The maximum absolute atomic E-state index is 10.5. The van der Waals surface area contributed by atoms with Gasteiger partial charge in [-0.2, -0.15) is 0 Å². The molecule has 1 aromatic rings. The molecule has 1 fully saturated rings. The number of aromatic carboxylic acids is 1. The Balaban J connectivity index is 2.01. The standard InChI is InChI=1S/C9H11N3O2/c13-9(14)7-4-5-8(12-11-7)10-6-2-1-3-6/h4-6H,1-3H2,(H,10,12)(H,13,14). The summed E-state index contributed by atoms with van der Waals surface area (Å²) < 4.78 is 0. The van der Waals surface area contributed by atoms with E-state index in [0.29, 0.717) is 11.9 Å². The van der Waals surface area contributed by atoms with Crippen LogP contribution in [0.5, 0.6) is 0 Å². The number of carbonyl (C=O) groups is 1. The van der Waals surface area contributed by atoms with Crippen LogP contribution >= 0.6 is 0 Å². The van der Waals surface area contributed by atoms with E-state index >= 15 is 0 Å². The largest absolute Gasteiger partial charge is 0.476 e. The molecule has 0 bridgehead atoms. The van der Waals surface area contributed by atoms with Crippen LogP contribution in [-0.2, 0) is 0 Å². The first-order valence-electron chi connectivity index (χ1n) is 4.59. The molecule has 1 aliphatic rings. The normalized spacial score (nSPS) is 16.0. The Labute approximate surface area is 81.2 Å². The van der Waals surface area contributed by atoms with Gasteiger partial charge in [-0.3, -0.25) is 0 Å². The van der Waals surface area contributed by atoms with Gasteiger partial charge >= 0.3 is 5.97 Å². The number of nitrogens with zero attached hydrogens (tertiary/aromatic N) is 2. The minimum Gasteiger partial charge on any atom is -0.476 e. The second kappa shape index (κ2) is 3.61. The molecule has 1 heterocycles. The van der Waals surface area contributed by atoms with Crippen molar-refractivity contribution in [2.75, 3.05) is 5.32 Å². The van der Waals surface area contributed by atoms with Crippen LogP contribution in [0.1, 0.15) is 29.8 Å². The molecule has 0 radical (unpaired) electrons. The quantitative estimate of drug-likeness (QED) is 0.752. The molecule has 0 aromatic carbocycles. The number of hydrogen-bond acceptors (Lipinski definition) is 4. The van der Waals surface area contributed by atoms with Crippen molar-refractivity contribution < 1.29 is 9.90 Å². The van der Waals surface area contributed by atoms with Crippen LogP contribution in [-0.4, -0.2) is 27.3 Å². The van der Waals surface area contributed by atoms with Gasteiger partial charge in [-0.25, -0.2) is 4.79 Å². The number of rotatable bonds is 3. The average molecular weight is 193 g/mol. The monoisotopic (exact) mass is 193 g/mol. The lowest BCUT2D eigenvalue weighted by Crippen LogP contribution is -2.27. The fourth-order valence-corrected chi connectivity index (χ4v) is 1.29. The van der Waals surface area contributed by atoms with Gasteiger partial charge in [-0.15, -0.1) is 10.2 Å². The van der Waals surface area contributed by atoms with Gasteiger partial charge in [0.15, 0.2) is 5.69 Å². The van der Waals surface area contributed by atoms with Gasteiger partial charge in [0, 0.05) is 6.04 Å². The molecule has 0 saturated heterocycles. The third-order valence-corrected chi connectivity index (χ3v) is 2.34. The van der Waals surface area contributed by atoms with Gasteiger partial charge in [0.05, 0.1) is 0 Å². The Morgan fingerprint density at radius 2 is 2.21 bits per heavy atom. The first-order valence-corrected chi connectivity index (χ1v) is 4.59. The van der Waals surface area contributed by atoms with E-state index in [1.165, 1.54) is 12.5 Å². The van der Waals surface area contributed by atoms with Crippen molar-refractivity contribution in [3.8, 4) is 0 Å². The topological polar surface area (TPSA) is 75.1 Å². The second-order valence-electron chi connectivity index (χ2n) is 3.38. The summed E-state index contributed by atoms with van der Waals surface area (Å²) in [6, 6.07) is 3.59. The molecule has 0 atom stereocenters. The van der Waals surface area contributed by atoms with Gasteiger partial charge in [-0.05, 0) is 31.4 Å². The van der Waals surface area contributed by atoms with Gasteiger partial charge < -0.3 is 10.4 Å². The Bertz CT molecular complexity index is 332. The van der Waals surface area contributed by atoms with Gasteiger partial charge in [0.2, 0.25) is 0 Å². The van der Waals surface area contributed by atoms with Gasteiger partial charge in [0.1, 0.15) is 5.82 Å². The van der Waals surface area contributed by atoms with Crippen molar-refractivity contribution >= 4 is 11.8 Å². The number of carboxylic acids is 1. The van der Waals surface area contributed by atoms with Crippen molar-refractivity contribution in [2.45, 2.75) is 25.3 Å². The summed E-state index contributed by atoms with van der Waals surface area (Å²) in [6.45, 7) is 0. The molecule has 14 heavy (non-hydrogen) atoms. The Morgan fingerprint density at radius 1 is 1.43 bits per heavy atom. The Morgan fingerprint density at radius 3 is 2.64 bits per heavy atom. The van der Waals surface area contributed by atoms with Gasteiger partial charge in [0.25, 0.3) is 0 Å². The van der Waals surface area contributed by atoms with Crippen LogP contribution in [0.15, 0.2) is 12.1 Å². The molecular formula is C9H11N3O2. The molecule has 74 valence electrons. The third kappa shape index (κ3) is 1.81. The maximum atomic E-state index is 10.5. The van der Waals surface area contributed by atoms with E-state index in [4.69, 9.17) is 5.11 Å². The summed E-state index contributed by atoms with van der Waals surface area (Å²) >= 11 is 0. The molecule has 5 heteroatoms. The van der Waals surface area contributed by atoms with Crippen LogP contribution in [0.4, 0.5) is 5.82 Å². The van der Waals surface area contributed by atoms with Crippen molar-refractivity contribution in [3.05, 3.63) is 17.8 Å². The van der Waals surface area contributed by atoms with E-state index in [0.717, 1.165) is 12.8 Å². The summed E-state index contributed by atoms with van der Waals surface area (Å²) in [7, 11) is 0. The highest BCUT2D eigenvalue weighted by atomic mass is 16.4. The predicted octanol–water partition coefficient (Wildman–Crippen LogP) is 1.14. The van der Waals surface area contributed by atoms with E-state index in [1.807, 2.05) is 0 Å². The van der Waals surface area contributed by atoms with Crippen LogP contribution < -0.4 is 5.32 Å². The number of aromatic nitrogens is 2. The van der Waals surface area contributed by atoms with E-state index in [2.05, 4.69) is 15.5 Å². The zero-order valence-electron chi connectivity index (χ0n) is 7.60. The molecule has 1 aliphatic carbocycles. The predicted molar refractivity (Wildman–Crippen MR) is 50.3 cm³/mol. The lowest BCUT2D eigenvalue weighted by Gasteiger charge is -2.26. The SMILES string of the molecule is O=C(O)c1ccc(NC2CCC2)nn1. The van der Waals surface area contributed by atoms with Crippen LogP contribution in [0.2, 0.25) is 0 Å². The van der Waals surface area contributed by atoms with Crippen molar-refractivity contribution in [3.63, 3.8) is 0 Å². The summed E-state index contributed by atoms with van der Waals surface area (Å²) in [5.41, 5.74) is -0.0239. The lowest BCUT2D eigenvalue weighted by atomic mass is 9.93. The minimum atomic E-state index is -1.05. The first kappa shape index (κ1) is 8.93. The summed E-state index contributed by atoms with van der Waals surface area (Å²) in [5.74, 6) is -0.396. The summed E-state index contributed by atoms with van der Waals surface area (Å²) in [6.07, 6.45) is 3.56. The van der Waals surface area contributed by atoms with Crippen molar-refractivity contribution in [1.29, 1.82) is 0 Å². The maximum Gasteiger partial charge on any atom is 0.356 e. The third-order valence-electron chi connectivity index (χ3n) is 2.34. The molecule has 1 saturated carbocycles. The second-order valence-corrected chi connectivity index (χ2v) is 3.38. The highest BCUT2D eigenvalue weighted by molar-refractivity contribution is 5.85. The van der Waals surface area contributed by atoms with Crippen LogP contribution in [0.3, 0.4) is 0 Å². The molecule has 5 nitrogen and oxygen atoms in total. The van der Waals surface area contributed by atoms with E-state index < -0.39 is 5.97 Å². The molecule has 0 spiro atoms. The fourth-order valence-electron chi connectivity index (χ4n) is 1.29. The molecule has 2 rings (SSSR count). The molecule has 0 amide bonds. The number of hydrogen-bond donors (Lipinski definition) is 2. The molecule has 1 aromatic heterocycles. The highest BCUT2D eigenvalue weighted by Gasteiger charge is 2.17. The number of anilines is 1. The average Bonchev–Trinajstić information content (AvgIpc) is 2.12. The molecular weight excluding hydrogens is 182 g/mol. The zero-order valence-corrected chi connectivity index (χ0v) is 7.60. The van der Waals surface area contributed by atoms with Gasteiger partial charge in [-0.1, -0.05) is 0 Å². The smallest absolute Gasteiger partial charge is 0.356 e. The molecule has 0 unspecified atom stereocenters. The number of carboxylic acid groups (broad SMARTS) is 1. The van der Waals surface area contributed by atoms with E-state index in [-0.39, 0.29) is 5.69 Å². The minimum absolute atomic E-state index is 0.0239. The van der Waals surface area contributed by atoms with E-state index in [9.17, 15) is 4.79 Å². The summed E-state index contributed by atoms with van der Waals surface area (Å²) in [5, 5.41) is 19.1. The van der Waals surface area contributed by atoms with Crippen molar-refractivity contribution in [1.82, 2.24) is 10.2 Å². The summed E-state index contributed by atoms with van der Waals surface area (Å²) in [4.78, 5) is 10.5. The van der Waals surface area contributed by atoms with E-state index in [1.54, 1.807) is 6.07 Å². The number of nitrogens with one attached hydrogen (secondary N) is 1. The molecule has 2 N–H and O–H groups in total. The first-order chi connectivity index (χ1) is 6.75. The van der Waals surface area contributed by atoms with Crippen molar-refractivity contribution in [2.24, 2.45) is 0 Å². The fraction of sp³-hybridized carbons (Fsp3) is 0.444. The van der Waals surface area contributed by atoms with Crippen LogP contribution in [0, 0.1) is 0 Å². The Kier molecular flexibility index (Phi) is 2.30. The molecule has 0 aliphatic heterocycles. The Hall–Kier alpha value is -1.65.